The topological polar surface area (TPSA) is 68.3 Å². The maximum Gasteiger partial charge on any atom is 0.242 e. The van der Waals surface area contributed by atoms with E-state index in [1.54, 1.807) is 0 Å². The van der Waals surface area contributed by atoms with E-state index in [4.69, 9.17) is 0 Å². The van der Waals surface area contributed by atoms with Crippen LogP contribution in [0.15, 0.2) is 9.62 Å². The normalized spacial score (nSPS) is 17.2. The summed E-state index contributed by atoms with van der Waals surface area (Å²) in [4.78, 5) is 13.5. The van der Waals surface area contributed by atoms with Crippen LogP contribution in [0.25, 0.3) is 0 Å². The Morgan fingerprint density at radius 3 is 2.85 bits per heavy atom. The molecule has 1 saturated carbocycles. The van der Waals surface area contributed by atoms with Crippen molar-refractivity contribution in [1.29, 1.82) is 0 Å². The highest BCUT2D eigenvalue weighted by Gasteiger charge is 2.24. The molecule has 0 amide bonds. The zero-order chi connectivity index (χ0) is 9.10. The fourth-order valence-corrected chi connectivity index (χ4v) is 1.77. The van der Waals surface area contributed by atoms with Crippen molar-refractivity contribution in [3.63, 3.8) is 0 Å². The molecule has 5 nitrogen and oxygen atoms in total. The largest absolute Gasteiger partial charge is 0.242 e. The van der Waals surface area contributed by atoms with Gasteiger partial charge in [-0.15, -0.1) is 4.99 Å². The van der Waals surface area contributed by atoms with Crippen LogP contribution in [-0.4, -0.2) is 16.4 Å². The lowest BCUT2D eigenvalue weighted by Crippen LogP contribution is -1.92. The number of isocyanates is 1. The molecule has 0 bridgehead atoms. The summed E-state index contributed by atoms with van der Waals surface area (Å²) in [7, 11) is 0. The molecule has 0 atom stereocenters. The lowest BCUT2D eigenvalue weighted by atomic mass is 10.0. The number of aliphatic imine (C=N–C) groups is 1. The summed E-state index contributed by atoms with van der Waals surface area (Å²) in [6.07, 6.45) is 6.00. The molecule has 0 aliphatic heterocycles. The zero-order valence-corrected chi connectivity index (χ0v) is 7.06. The number of carbonyl (C=O) groups excluding carboxylic acids is 1. The van der Waals surface area contributed by atoms with E-state index in [2.05, 4.69) is 19.9 Å². The molecule has 1 heterocycles. The van der Waals surface area contributed by atoms with Crippen LogP contribution in [0, 0.1) is 0 Å². The zero-order valence-electron chi connectivity index (χ0n) is 7.06. The first-order valence-electron chi connectivity index (χ1n) is 4.32. The predicted molar refractivity (Wildman–Crippen MR) is 43.3 cm³/mol. The monoisotopic (exact) mass is 179 g/mol. The van der Waals surface area contributed by atoms with Crippen LogP contribution in [0.1, 0.15) is 37.3 Å². The Morgan fingerprint density at radius 1 is 1.38 bits per heavy atom. The van der Waals surface area contributed by atoms with Crippen LogP contribution in [0.3, 0.4) is 0 Å². The van der Waals surface area contributed by atoms with Crippen molar-refractivity contribution in [3.05, 3.63) is 5.69 Å². The van der Waals surface area contributed by atoms with Gasteiger partial charge in [0.05, 0.1) is 0 Å². The van der Waals surface area contributed by atoms with E-state index in [-0.39, 0.29) is 0 Å². The third-order valence-corrected chi connectivity index (χ3v) is 2.39. The standard InChI is InChI=1S/C8H9N3O2/c12-5-9-8-7(10-13-11-8)6-3-1-2-4-6/h6H,1-4H2. The van der Waals surface area contributed by atoms with Crippen LogP contribution in [0.5, 0.6) is 0 Å². The summed E-state index contributed by atoms with van der Waals surface area (Å²) in [5, 5.41) is 7.29. The van der Waals surface area contributed by atoms with Crippen molar-refractivity contribution in [2.45, 2.75) is 31.6 Å². The first-order valence-corrected chi connectivity index (χ1v) is 4.32. The average Bonchev–Trinajstić information content (AvgIpc) is 2.71. The molecule has 2 rings (SSSR count). The number of hydrogen-bond donors (Lipinski definition) is 0. The van der Waals surface area contributed by atoms with Crippen LogP contribution in [0.4, 0.5) is 5.82 Å². The molecule has 68 valence electrons. The van der Waals surface area contributed by atoms with Gasteiger partial charge >= 0.3 is 0 Å². The Kier molecular flexibility index (Phi) is 2.19. The minimum Gasteiger partial charge on any atom is -0.242 e. The lowest BCUT2D eigenvalue weighted by Gasteiger charge is -2.01. The van der Waals surface area contributed by atoms with Gasteiger partial charge in [0.2, 0.25) is 11.9 Å². The van der Waals surface area contributed by atoms with Gasteiger partial charge in [0.25, 0.3) is 0 Å². The average molecular weight is 179 g/mol. The van der Waals surface area contributed by atoms with Gasteiger partial charge in [0, 0.05) is 5.92 Å². The van der Waals surface area contributed by atoms with Crippen molar-refractivity contribution >= 4 is 11.9 Å². The Bertz CT molecular complexity index is 335. The van der Waals surface area contributed by atoms with E-state index in [0.29, 0.717) is 17.4 Å². The van der Waals surface area contributed by atoms with Gasteiger partial charge in [-0.1, -0.05) is 18.0 Å². The van der Waals surface area contributed by atoms with Gasteiger partial charge in [-0.3, -0.25) is 0 Å². The highest BCUT2D eigenvalue weighted by atomic mass is 16.6. The second-order valence-electron chi connectivity index (χ2n) is 3.16. The molecule has 0 aromatic carbocycles. The Balaban J connectivity index is 2.27. The molecular weight excluding hydrogens is 170 g/mol. The van der Waals surface area contributed by atoms with Crippen molar-refractivity contribution in [2.75, 3.05) is 0 Å². The molecule has 5 heteroatoms. The third-order valence-electron chi connectivity index (χ3n) is 2.39. The summed E-state index contributed by atoms with van der Waals surface area (Å²) >= 11 is 0. The molecule has 0 radical (unpaired) electrons. The fourth-order valence-electron chi connectivity index (χ4n) is 1.77. The quantitative estimate of drug-likeness (QED) is 0.511. The van der Waals surface area contributed by atoms with E-state index in [1.165, 1.54) is 18.9 Å². The molecule has 13 heavy (non-hydrogen) atoms. The second-order valence-corrected chi connectivity index (χ2v) is 3.16. The summed E-state index contributed by atoms with van der Waals surface area (Å²) in [5.74, 6) is 0.653. The summed E-state index contributed by atoms with van der Waals surface area (Å²) in [5.41, 5.74) is 0.709. The van der Waals surface area contributed by atoms with Crippen LogP contribution >= 0.6 is 0 Å². The first-order chi connectivity index (χ1) is 6.42. The van der Waals surface area contributed by atoms with E-state index >= 15 is 0 Å². The van der Waals surface area contributed by atoms with Gasteiger partial charge in [-0.25, -0.2) is 9.42 Å². The molecule has 1 fully saturated rings. The Hall–Kier alpha value is -1.48. The highest BCUT2D eigenvalue weighted by molar-refractivity contribution is 5.46. The van der Waals surface area contributed by atoms with Gasteiger partial charge in [0.15, 0.2) is 0 Å². The molecule has 1 aromatic rings. The number of hydrogen-bond acceptors (Lipinski definition) is 5. The van der Waals surface area contributed by atoms with Crippen LogP contribution in [0.2, 0.25) is 0 Å². The SMILES string of the molecule is O=C=Nc1nonc1C1CCCC1. The fraction of sp³-hybridized carbons (Fsp3) is 0.625. The second kappa shape index (κ2) is 3.49. The van der Waals surface area contributed by atoms with Gasteiger partial charge < -0.3 is 0 Å². The van der Waals surface area contributed by atoms with E-state index < -0.39 is 0 Å². The van der Waals surface area contributed by atoms with Gasteiger partial charge in [-0.05, 0) is 18.0 Å². The van der Waals surface area contributed by atoms with Crippen molar-refractivity contribution in [3.8, 4) is 0 Å². The predicted octanol–water partition coefficient (Wildman–Crippen LogP) is 1.69. The molecule has 1 aliphatic rings. The van der Waals surface area contributed by atoms with E-state index in [9.17, 15) is 4.79 Å². The van der Waals surface area contributed by atoms with E-state index in [0.717, 1.165) is 12.8 Å². The minimum atomic E-state index is 0.293. The number of aromatic nitrogens is 2. The van der Waals surface area contributed by atoms with Crippen molar-refractivity contribution < 1.29 is 9.42 Å². The van der Waals surface area contributed by atoms with E-state index in [1.807, 2.05) is 0 Å². The van der Waals surface area contributed by atoms with Gasteiger partial charge in [0.1, 0.15) is 5.69 Å². The number of rotatable bonds is 2. The summed E-state index contributed by atoms with van der Waals surface area (Å²) in [6, 6.07) is 0. The minimum absolute atomic E-state index is 0.293. The summed E-state index contributed by atoms with van der Waals surface area (Å²) < 4.78 is 4.54. The molecule has 1 aliphatic carbocycles. The maximum absolute atomic E-state index is 10.0. The molecule has 0 spiro atoms. The van der Waals surface area contributed by atoms with Gasteiger partial charge in [-0.2, -0.15) is 0 Å². The Labute approximate surface area is 74.8 Å². The third kappa shape index (κ3) is 1.51. The smallest absolute Gasteiger partial charge is 0.242 e. The molecule has 0 unspecified atom stereocenters. The summed E-state index contributed by atoms with van der Waals surface area (Å²) in [6.45, 7) is 0. The van der Waals surface area contributed by atoms with Crippen LogP contribution in [-0.2, 0) is 4.79 Å². The lowest BCUT2D eigenvalue weighted by molar-refractivity contribution is 0.302. The molecule has 1 aromatic heterocycles. The highest BCUT2D eigenvalue weighted by Crippen LogP contribution is 2.36. The Morgan fingerprint density at radius 2 is 2.15 bits per heavy atom. The number of nitrogens with zero attached hydrogens (tertiary/aromatic N) is 3. The molecular formula is C8H9N3O2. The molecule has 0 N–H and O–H groups in total. The first kappa shape index (κ1) is 8.13. The van der Waals surface area contributed by atoms with Crippen molar-refractivity contribution in [1.82, 2.24) is 10.3 Å². The maximum atomic E-state index is 10.0. The molecule has 0 saturated heterocycles. The van der Waals surface area contributed by atoms with Crippen molar-refractivity contribution in [2.24, 2.45) is 4.99 Å². The van der Waals surface area contributed by atoms with Crippen LogP contribution < -0.4 is 0 Å².